The minimum Gasteiger partial charge on any atom is -0.456 e. The van der Waals surface area contributed by atoms with Gasteiger partial charge in [0.1, 0.15) is 11.2 Å². The fourth-order valence-electron chi connectivity index (χ4n) is 21.8. The number of aryl methyl sites for hydroxylation is 2. The first kappa shape index (κ1) is 72.3. The van der Waals surface area contributed by atoms with Gasteiger partial charge in [0.15, 0.2) is 0 Å². The van der Waals surface area contributed by atoms with Gasteiger partial charge in [-0.25, -0.2) is 0 Å². The van der Waals surface area contributed by atoms with Gasteiger partial charge in [-0.1, -0.05) is 295 Å². The Labute approximate surface area is 698 Å². The van der Waals surface area contributed by atoms with Gasteiger partial charge < -0.3 is 24.0 Å². The second-order valence-corrected chi connectivity index (χ2v) is 36.8. The zero-order chi connectivity index (χ0) is 81.2. The number of furan rings is 1. The molecule has 19 aromatic rings. The summed E-state index contributed by atoms with van der Waals surface area (Å²) in [5.41, 5.74) is 34.4. The van der Waals surface area contributed by atoms with Crippen molar-refractivity contribution in [3.8, 4) is 11.1 Å². The molecule has 0 amide bonds. The molecule has 1 aliphatic carbocycles. The standard InChI is InChI=1S/C58H52N2.C56H44N2O/c1-35(2)42-31-38-28-30-51(60-49-26-18-17-25-46(49)58(7,8)48-33-44-41-23-15-16-24-45(41)57(5,6)47(44)34-52(48)60)56-43(36(3)4)32-37-27-29-50(55(42)53(37)54(38)56)59(39-19-11-9-12-20-39)40-21-13-10-14-22-40;1-33-23-25-44-50(27-33)57(47-21-13-12-20-43(47)55(44,3)4)48-30-40-36-16-8-10-18-38(36)49(31-41(40)35-15-7-9-17-37(35)48)58-51-28-34(2)24-26-45(51)56(5,6)46-29-42-39-19-11-14-22-53(39)59-54(42)32-52(46)58/h9-36H,1-8H3;7-32H,1-6H3. The quantitative estimate of drug-likeness (QED) is 0.141. The first-order valence-electron chi connectivity index (χ1n) is 42.7. The summed E-state index contributed by atoms with van der Waals surface area (Å²) in [7, 11) is 0. The smallest absolute Gasteiger partial charge is 0.137 e. The minimum atomic E-state index is -0.246. The van der Waals surface area contributed by atoms with E-state index in [1.165, 1.54) is 188 Å². The van der Waals surface area contributed by atoms with Crippen LogP contribution in [-0.4, -0.2) is 0 Å². The molecule has 3 aliphatic heterocycles. The normalized spacial score (nSPS) is 15.0. The van der Waals surface area contributed by atoms with Gasteiger partial charge in [0, 0.05) is 71.4 Å². The van der Waals surface area contributed by atoms with Crippen molar-refractivity contribution in [3.05, 3.63) is 382 Å². The summed E-state index contributed by atoms with van der Waals surface area (Å²) in [4.78, 5) is 10.2. The Balaban J connectivity index is 0.000000143. The van der Waals surface area contributed by atoms with E-state index in [9.17, 15) is 0 Å². The molecule has 4 aliphatic rings. The Hall–Kier alpha value is -13.2. The Morgan fingerprint density at radius 1 is 0.252 bits per heavy atom. The molecule has 0 saturated carbocycles. The highest BCUT2D eigenvalue weighted by atomic mass is 16.3. The van der Waals surface area contributed by atoms with Gasteiger partial charge >= 0.3 is 0 Å². The topological polar surface area (TPSA) is 26.1 Å². The van der Waals surface area contributed by atoms with E-state index in [2.05, 4.69) is 432 Å². The number of para-hydroxylation sites is 5. The van der Waals surface area contributed by atoms with E-state index < -0.39 is 0 Å². The molecule has 0 radical (unpaired) electrons. The zero-order valence-electron chi connectivity index (χ0n) is 70.4. The second kappa shape index (κ2) is 26.1. The summed E-state index contributed by atoms with van der Waals surface area (Å²) in [5.74, 6) is 0.615. The van der Waals surface area contributed by atoms with Crippen molar-refractivity contribution in [1.82, 2.24) is 0 Å². The highest BCUT2D eigenvalue weighted by Gasteiger charge is 2.45. The van der Waals surface area contributed by atoms with E-state index in [-0.39, 0.29) is 21.7 Å². The molecule has 0 unspecified atom stereocenters. The molecule has 0 fully saturated rings. The molecule has 0 atom stereocenters. The molecule has 1 aromatic heterocycles. The van der Waals surface area contributed by atoms with Crippen molar-refractivity contribution in [2.45, 2.75) is 130 Å². The fourth-order valence-corrected chi connectivity index (χ4v) is 21.8. The molecule has 119 heavy (non-hydrogen) atoms. The van der Waals surface area contributed by atoms with Crippen LogP contribution in [0.3, 0.4) is 0 Å². The first-order chi connectivity index (χ1) is 57.6. The number of hydrogen-bond donors (Lipinski definition) is 0. The van der Waals surface area contributed by atoms with Crippen LogP contribution in [0.5, 0.6) is 0 Å². The van der Waals surface area contributed by atoms with Crippen LogP contribution in [0.15, 0.2) is 320 Å². The highest BCUT2D eigenvalue weighted by Crippen LogP contribution is 2.63. The van der Waals surface area contributed by atoms with Gasteiger partial charge in [0.05, 0.1) is 56.9 Å². The summed E-state index contributed by atoms with van der Waals surface area (Å²) >= 11 is 0. The Morgan fingerprint density at radius 2 is 0.672 bits per heavy atom. The van der Waals surface area contributed by atoms with Gasteiger partial charge in [-0.2, -0.15) is 0 Å². The number of hydrogen-bond acceptors (Lipinski definition) is 5. The third-order valence-electron chi connectivity index (χ3n) is 27.8. The SMILES string of the molecule is CC(C)c1cc2ccc(N3c4ccccc4C(C)(C)c4cc5c(cc43)C(C)(C)c3ccccc3-5)c3c(C(C)C)cc4ccc(N(c5ccccc5)c5ccccc5)c1c4c23.Cc1ccc2c(c1)N(c1cc3c4ccccc4c(N4c5cc(C)ccc5C(C)(C)c5cc6c(cc54)oc4ccccc46)cc3c3ccccc13)c1ccccc1C2(C)C. The van der Waals surface area contributed by atoms with Gasteiger partial charge in [0.25, 0.3) is 0 Å². The third-order valence-corrected chi connectivity index (χ3v) is 27.8. The van der Waals surface area contributed by atoms with Crippen molar-refractivity contribution >= 4 is 155 Å². The molecular formula is C114H96N4O. The summed E-state index contributed by atoms with van der Waals surface area (Å²) in [6.45, 7) is 33.0. The van der Waals surface area contributed by atoms with Gasteiger partial charge in [-0.3, -0.25) is 0 Å². The maximum atomic E-state index is 6.61. The van der Waals surface area contributed by atoms with Crippen LogP contribution in [0, 0.1) is 13.8 Å². The maximum Gasteiger partial charge on any atom is 0.137 e. The average molecular weight is 1540 g/mol. The lowest BCUT2D eigenvalue weighted by atomic mass is 9.71. The molecule has 578 valence electrons. The van der Waals surface area contributed by atoms with Crippen LogP contribution < -0.4 is 19.6 Å². The van der Waals surface area contributed by atoms with Crippen molar-refractivity contribution in [3.63, 3.8) is 0 Å². The monoisotopic (exact) mass is 1540 g/mol. The minimum absolute atomic E-state index is 0.119. The summed E-state index contributed by atoms with van der Waals surface area (Å²) in [6.07, 6.45) is 0. The van der Waals surface area contributed by atoms with Crippen LogP contribution >= 0.6 is 0 Å². The van der Waals surface area contributed by atoms with Crippen molar-refractivity contribution in [1.29, 1.82) is 0 Å². The predicted molar refractivity (Wildman–Crippen MR) is 507 cm³/mol. The molecule has 18 aromatic carbocycles. The zero-order valence-corrected chi connectivity index (χ0v) is 70.4. The summed E-state index contributed by atoms with van der Waals surface area (Å²) in [5, 5.41) is 17.7. The maximum absolute atomic E-state index is 6.61. The van der Waals surface area contributed by atoms with Crippen LogP contribution in [0.4, 0.5) is 68.2 Å². The molecule has 5 heteroatoms. The molecule has 0 saturated heterocycles. The van der Waals surface area contributed by atoms with Crippen LogP contribution in [-0.2, 0) is 21.7 Å². The summed E-state index contributed by atoms with van der Waals surface area (Å²) < 4.78 is 6.61. The third kappa shape index (κ3) is 10.5. The molecule has 0 bridgehead atoms. The van der Waals surface area contributed by atoms with Crippen molar-refractivity contribution in [2.75, 3.05) is 19.6 Å². The molecule has 4 heterocycles. The molecule has 23 rings (SSSR count). The molecule has 0 spiro atoms. The fraction of sp³-hybridized carbons (Fsp3) is 0.175. The number of nitrogens with zero attached hydrogens (tertiary/aromatic N) is 4. The number of anilines is 12. The van der Waals surface area contributed by atoms with Gasteiger partial charge in [-0.15, -0.1) is 0 Å². The van der Waals surface area contributed by atoms with Gasteiger partial charge in [0.2, 0.25) is 0 Å². The Morgan fingerprint density at radius 3 is 1.24 bits per heavy atom. The van der Waals surface area contributed by atoms with E-state index in [1.54, 1.807) is 0 Å². The number of fused-ring (bicyclic) bond motifs is 17. The van der Waals surface area contributed by atoms with E-state index in [0.717, 1.165) is 44.7 Å². The lowest BCUT2D eigenvalue weighted by Gasteiger charge is -2.43. The van der Waals surface area contributed by atoms with E-state index >= 15 is 0 Å². The number of rotatable bonds is 8. The van der Waals surface area contributed by atoms with Crippen molar-refractivity contribution < 1.29 is 4.42 Å². The largest absolute Gasteiger partial charge is 0.456 e. The predicted octanol–water partition coefficient (Wildman–Crippen LogP) is 32.6. The van der Waals surface area contributed by atoms with Crippen LogP contribution in [0.2, 0.25) is 0 Å². The second-order valence-electron chi connectivity index (χ2n) is 36.8. The van der Waals surface area contributed by atoms with Crippen LogP contribution in [0.25, 0.3) is 97.7 Å². The molecular weight excluding hydrogens is 1440 g/mol. The van der Waals surface area contributed by atoms with Gasteiger partial charge in [-0.05, 0) is 244 Å². The average Bonchev–Trinajstić information content (AvgIpc) is 1.17. The molecule has 0 N–H and O–H groups in total. The molecule has 5 nitrogen and oxygen atoms in total. The van der Waals surface area contributed by atoms with E-state index in [4.69, 9.17) is 4.42 Å². The van der Waals surface area contributed by atoms with E-state index in [0.29, 0.717) is 11.8 Å². The summed E-state index contributed by atoms with van der Waals surface area (Å²) in [6, 6.07) is 119. The first-order valence-corrected chi connectivity index (χ1v) is 42.7. The Kier molecular flexibility index (Phi) is 15.9. The lowest BCUT2D eigenvalue weighted by Crippen LogP contribution is -2.31. The highest BCUT2D eigenvalue weighted by molar-refractivity contribution is 6.31. The lowest BCUT2D eigenvalue weighted by molar-refractivity contribution is 0.627. The Bertz CT molecular complexity index is 7440. The van der Waals surface area contributed by atoms with Crippen molar-refractivity contribution in [2.24, 2.45) is 0 Å². The van der Waals surface area contributed by atoms with Crippen LogP contribution in [0.1, 0.15) is 162 Å². The number of benzene rings is 18. The van der Waals surface area contributed by atoms with E-state index in [1.807, 2.05) is 0 Å².